The van der Waals surface area contributed by atoms with E-state index in [2.05, 4.69) is 11.4 Å². The third kappa shape index (κ3) is 3.41. The summed E-state index contributed by atoms with van der Waals surface area (Å²) < 4.78 is 10.4. The molecule has 24 heavy (non-hydrogen) atoms. The van der Waals surface area contributed by atoms with Gasteiger partial charge in [-0.2, -0.15) is 0 Å². The van der Waals surface area contributed by atoms with Gasteiger partial charge in [0, 0.05) is 22.2 Å². The zero-order valence-electron chi connectivity index (χ0n) is 13.4. The van der Waals surface area contributed by atoms with Crippen LogP contribution in [0.5, 0.6) is 11.5 Å². The number of hydrogen-bond donors (Lipinski definition) is 1. The van der Waals surface area contributed by atoms with Crippen LogP contribution in [0.1, 0.15) is 10.4 Å². The van der Waals surface area contributed by atoms with Crippen LogP contribution in [0.25, 0.3) is 10.4 Å². The van der Waals surface area contributed by atoms with E-state index >= 15 is 0 Å². The maximum absolute atomic E-state index is 12.4. The molecule has 1 amide bonds. The van der Waals surface area contributed by atoms with Crippen LogP contribution >= 0.6 is 11.3 Å². The van der Waals surface area contributed by atoms with E-state index in [1.165, 1.54) is 4.88 Å². The molecule has 0 fully saturated rings. The molecule has 4 nitrogen and oxygen atoms in total. The van der Waals surface area contributed by atoms with Crippen molar-refractivity contribution in [2.45, 2.75) is 0 Å². The van der Waals surface area contributed by atoms with Gasteiger partial charge in [-0.05, 0) is 41.3 Å². The topological polar surface area (TPSA) is 47.6 Å². The molecule has 3 rings (SSSR count). The number of ether oxygens (including phenoxy) is 2. The zero-order chi connectivity index (χ0) is 16.9. The summed E-state index contributed by atoms with van der Waals surface area (Å²) in [5.41, 5.74) is 2.36. The van der Waals surface area contributed by atoms with Crippen molar-refractivity contribution in [1.29, 1.82) is 0 Å². The van der Waals surface area contributed by atoms with Crippen LogP contribution in [0.2, 0.25) is 0 Å². The third-order valence-electron chi connectivity index (χ3n) is 3.59. The number of amides is 1. The molecule has 0 radical (unpaired) electrons. The summed E-state index contributed by atoms with van der Waals surface area (Å²) in [6.07, 6.45) is 0. The van der Waals surface area contributed by atoms with E-state index < -0.39 is 0 Å². The Morgan fingerprint density at radius 1 is 0.958 bits per heavy atom. The molecule has 122 valence electrons. The fourth-order valence-corrected chi connectivity index (χ4v) is 3.08. The lowest BCUT2D eigenvalue weighted by molar-refractivity contribution is 0.102. The SMILES string of the molecule is COc1ccc(NC(=O)c2ccc(-c3cccs3)cc2)cc1OC. The van der Waals surface area contributed by atoms with Crippen LogP contribution in [0, 0.1) is 0 Å². The Balaban J connectivity index is 1.75. The quantitative estimate of drug-likeness (QED) is 0.734. The maximum atomic E-state index is 12.4. The first-order chi connectivity index (χ1) is 11.7. The summed E-state index contributed by atoms with van der Waals surface area (Å²) in [7, 11) is 3.14. The average Bonchev–Trinajstić information content (AvgIpc) is 3.16. The average molecular weight is 339 g/mol. The second-order valence-electron chi connectivity index (χ2n) is 5.08. The van der Waals surface area contributed by atoms with Gasteiger partial charge >= 0.3 is 0 Å². The monoisotopic (exact) mass is 339 g/mol. The van der Waals surface area contributed by atoms with Gasteiger partial charge < -0.3 is 14.8 Å². The molecule has 0 aliphatic rings. The van der Waals surface area contributed by atoms with Crippen LogP contribution in [-0.2, 0) is 0 Å². The number of anilines is 1. The Kier molecular flexibility index (Phi) is 4.82. The molecule has 2 aromatic carbocycles. The molecule has 0 saturated heterocycles. The second kappa shape index (κ2) is 7.19. The number of thiophene rings is 1. The predicted molar refractivity (Wildman–Crippen MR) is 97.3 cm³/mol. The Labute approximate surface area is 144 Å². The summed E-state index contributed by atoms with van der Waals surface area (Å²) in [6.45, 7) is 0. The van der Waals surface area contributed by atoms with E-state index in [1.807, 2.05) is 35.7 Å². The molecule has 0 unspecified atom stereocenters. The van der Waals surface area contributed by atoms with Gasteiger partial charge in [-0.3, -0.25) is 4.79 Å². The van der Waals surface area contributed by atoms with Crippen molar-refractivity contribution in [2.24, 2.45) is 0 Å². The van der Waals surface area contributed by atoms with E-state index in [-0.39, 0.29) is 5.91 Å². The zero-order valence-corrected chi connectivity index (χ0v) is 14.2. The number of nitrogens with one attached hydrogen (secondary N) is 1. The maximum Gasteiger partial charge on any atom is 0.255 e. The minimum absolute atomic E-state index is 0.167. The van der Waals surface area contributed by atoms with Crippen LogP contribution < -0.4 is 14.8 Å². The number of hydrogen-bond acceptors (Lipinski definition) is 4. The molecule has 0 saturated carbocycles. The minimum atomic E-state index is -0.167. The minimum Gasteiger partial charge on any atom is -0.493 e. The van der Waals surface area contributed by atoms with Crippen molar-refractivity contribution < 1.29 is 14.3 Å². The molecule has 1 N–H and O–H groups in total. The summed E-state index contributed by atoms with van der Waals surface area (Å²) in [5.74, 6) is 1.03. The Bertz CT molecular complexity index is 826. The van der Waals surface area contributed by atoms with Crippen molar-refractivity contribution in [3.8, 4) is 21.9 Å². The van der Waals surface area contributed by atoms with Crippen LogP contribution in [0.4, 0.5) is 5.69 Å². The van der Waals surface area contributed by atoms with Crippen molar-refractivity contribution in [1.82, 2.24) is 0 Å². The molecule has 0 aliphatic carbocycles. The molecule has 0 bridgehead atoms. The smallest absolute Gasteiger partial charge is 0.255 e. The number of rotatable bonds is 5. The van der Waals surface area contributed by atoms with Crippen LogP contribution in [-0.4, -0.2) is 20.1 Å². The lowest BCUT2D eigenvalue weighted by Gasteiger charge is -2.10. The largest absolute Gasteiger partial charge is 0.493 e. The van der Waals surface area contributed by atoms with Gasteiger partial charge in [-0.25, -0.2) is 0 Å². The molecular formula is C19H17NO3S. The van der Waals surface area contributed by atoms with Crippen molar-refractivity contribution in [3.05, 3.63) is 65.5 Å². The van der Waals surface area contributed by atoms with Crippen molar-refractivity contribution in [3.63, 3.8) is 0 Å². The lowest BCUT2D eigenvalue weighted by atomic mass is 10.1. The highest BCUT2D eigenvalue weighted by molar-refractivity contribution is 7.13. The Morgan fingerprint density at radius 2 is 1.71 bits per heavy atom. The van der Waals surface area contributed by atoms with E-state index in [1.54, 1.807) is 43.8 Å². The van der Waals surface area contributed by atoms with E-state index in [0.29, 0.717) is 22.7 Å². The summed E-state index contributed by atoms with van der Waals surface area (Å²) in [6, 6.07) is 16.9. The van der Waals surface area contributed by atoms with E-state index in [4.69, 9.17) is 9.47 Å². The molecule has 1 heterocycles. The lowest BCUT2D eigenvalue weighted by Crippen LogP contribution is -2.11. The van der Waals surface area contributed by atoms with E-state index in [0.717, 1.165) is 5.56 Å². The molecule has 1 aromatic heterocycles. The first kappa shape index (κ1) is 16.1. The number of benzene rings is 2. The number of methoxy groups -OCH3 is 2. The third-order valence-corrected chi connectivity index (χ3v) is 4.51. The van der Waals surface area contributed by atoms with Gasteiger partial charge in [0.05, 0.1) is 14.2 Å². The molecule has 3 aromatic rings. The van der Waals surface area contributed by atoms with Gasteiger partial charge in [-0.1, -0.05) is 18.2 Å². The standard InChI is InChI=1S/C19H17NO3S/c1-22-16-10-9-15(12-17(16)23-2)20-19(21)14-7-5-13(6-8-14)18-4-3-11-24-18/h3-12H,1-2H3,(H,20,21). The molecule has 0 spiro atoms. The number of carbonyl (C=O) groups excluding carboxylic acids is 1. The predicted octanol–water partition coefficient (Wildman–Crippen LogP) is 4.68. The molecule has 5 heteroatoms. The highest BCUT2D eigenvalue weighted by Gasteiger charge is 2.09. The first-order valence-corrected chi connectivity index (χ1v) is 8.26. The van der Waals surface area contributed by atoms with Gasteiger partial charge in [0.25, 0.3) is 5.91 Å². The highest BCUT2D eigenvalue weighted by atomic mass is 32.1. The Morgan fingerprint density at radius 3 is 2.33 bits per heavy atom. The van der Waals surface area contributed by atoms with Gasteiger partial charge in [0.1, 0.15) is 0 Å². The summed E-state index contributed by atoms with van der Waals surface area (Å²) in [5, 5.41) is 4.90. The van der Waals surface area contributed by atoms with Gasteiger partial charge in [0.2, 0.25) is 0 Å². The first-order valence-electron chi connectivity index (χ1n) is 7.38. The Hall–Kier alpha value is -2.79. The van der Waals surface area contributed by atoms with Crippen molar-refractivity contribution in [2.75, 3.05) is 19.5 Å². The van der Waals surface area contributed by atoms with Gasteiger partial charge in [0.15, 0.2) is 11.5 Å². The second-order valence-corrected chi connectivity index (χ2v) is 6.03. The van der Waals surface area contributed by atoms with Gasteiger partial charge in [-0.15, -0.1) is 11.3 Å². The summed E-state index contributed by atoms with van der Waals surface area (Å²) >= 11 is 1.67. The number of carbonyl (C=O) groups is 1. The van der Waals surface area contributed by atoms with Crippen LogP contribution in [0.15, 0.2) is 60.0 Å². The molecule has 0 aliphatic heterocycles. The fraction of sp³-hybridized carbons (Fsp3) is 0.105. The highest BCUT2D eigenvalue weighted by Crippen LogP contribution is 2.30. The molecule has 0 atom stereocenters. The summed E-state index contributed by atoms with van der Waals surface area (Å²) in [4.78, 5) is 13.6. The van der Waals surface area contributed by atoms with Crippen molar-refractivity contribution >= 4 is 22.9 Å². The van der Waals surface area contributed by atoms with Crippen LogP contribution in [0.3, 0.4) is 0 Å². The fourth-order valence-electron chi connectivity index (χ4n) is 2.35. The molecular weight excluding hydrogens is 322 g/mol. The normalized spacial score (nSPS) is 10.2. The van der Waals surface area contributed by atoms with E-state index in [9.17, 15) is 4.79 Å².